The molecule has 0 bridgehead atoms. The molecular weight excluding hydrogens is 230 g/mol. The first-order valence-electron chi connectivity index (χ1n) is 6.85. The third kappa shape index (κ3) is 2.54. The molecule has 0 spiro atoms. The molecular formula is C14H25NO3. The number of carbonyl (C=O) groups is 1. The van der Waals surface area contributed by atoms with Gasteiger partial charge in [0, 0.05) is 12.0 Å². The van der Waals surface area contributed by atoms with Gasteiger partial charge in [-0.15, -0.1) is 0 Å². The minimum absolute atomic E-state index is 0.0938. The molecule has 4 heteroatoms. The minimum Gasteiger partial charge on any atom is -0.481 e. The molecule has 1 N–H and O–H groups in total. The lowest BCUT2D eigenvalue weighted by Gasteiger charge is -2.52. The zero-order valence-electron chi connectivity index (χ0n) is 11.7. The molecule has 4 nitrogen and oxygen atoms in total. The van der Waals surface area contributed by atoms with Crippen LogP contribution in [0.25, 0.3) is 0 Å². The Morgan fingerprint density at radius 1 is 1.50 bits per heavy atom. The lowest BCUT2D eigenvalue weighted by molar-refractivity contribution is -0.182. The van der Waals surface area contributed by atoms with E-state index in [-0.39, 0.29) is 5.41 Å². The van der Waals surface area contributed by atoms with Gasteiger partial charge in [-0.05, 0) is 52.6 Å². The van der Waals surface area contributed by atoms with Gasteiger partial charge in [0.15, 0.2) is 0 Å². The smallest absolute Gasteiger partial charge is 0.309 e. The van der Waals surface area contributed by atoms with Crippen LogP contribution in [-0.4, -0.2) is 49.3 Å². The summed E-state index contributed by atoms with van der Waals surface area (Å²) in [6.45, 7) is 7.39. The second-order valence-corrected chi connectivity index (χ2v) is 6.82. The van der Waals surface area contributed by atoms with E-state index in [1.807, 2.05) is 13.8 Å². The lowest BCUT2D eigenvalue weighted by Crippen LogP contribution is -2.55. The monoisotopic (exact) mass is 255 g/mol. The van der Waals surface area contributed by atoms with Crippen LogP contribution in [0.3, 0.4) is 0 Å². The molecule has 0 radical (unpaired) electrons. The van der Waals surface area contributed by atoms with Crippen LogP contribution in [0, 0.1) is 16.7 Å². The van der Waals surface area contributed by atoms with Gasteiger partial charge in [-0.1, -0.05) is 0 Å². The van der Waals surface area contributed by atoms with Crippen molar-refractivity contribution in [2.45, 2.75) is 33.1 Å². The number of likely N-dealkylation sites (tertiary alicyclic amines) is 1. The van der Waals surface area contributed by atoms with Gasteiger partial charge in [-0.2, -0.15) is 0 Å². The van der Waals surface area contributed by atoms with E-state index < -0.39 is 11.4 Å². The van der Waals surface area contributed by atoms with Crippen molar-refractivity contribution in [2.75, 3.05) is 33.4 Å². The van der Waals surface area contributed by atoms with E-state index >= 15 is 0 Å². The van der Waals surface area contributed by atoms with Gasteiger partial charge >= 0.3 is 5.97 Å². The molecule has 2 aliphatic heterocycles. The Morgan fingerprint density at radius 3 is 2.61 bits per heavy atom. The summed E-state index contributed by atoms with van der Waals surface area (Å²) in [4.78, 5) is 13.7. The Hall–Kier alpha value is -0.610. The van der Waals surface area contributed by atoms with Gasteiger partial charge < -0.3 is 14.7 Å². The molecule has 0 saturated carbocycles. The molecule has 0 aromatic rings. The Balaban J connectivity index is 2.08. The van der Waals surface area contributed by atoms with Gasteiger partial charge in [0.1, 0.15) is 0 Å². The van der Waals surface area contributed by atoms with E-state index in [2.05, 4.69) is 11.9 Å². The van der Waals surface area contributed by atoms with Crippen LogP contribution >= 0.6 is 0 Å². The van der Waals surface area contributed by atoms with Gasteiger partial charge in [0.2, 0.25) is 0 Å². The van der Waals surface area contributed by atoms with Crippen molar-refractivity contribution in [3.05, 3.63) is 0 Å². The van der Waals surface area contributed by atoms with E-state index in [9.17, 15) is 9.90 Å². The highest BCUT2D eigenvalue weighted by atomic mass is 16.5. The quantitative estimate of drug-likeness (QED) is 0.833. The van der Waals surface area contributed by atoms with Crippen molar-refractivity contribution in [3.63, 3.8) is 0 Å². The SMILES string of the molecule is CN1CCCC(C2(CC(C)(C)C(=O)O)COC2)C1. The van der Waals surface area contributed by atoms with Gasteiger partial charge in [-0.3, -0.25) is 4.79 Å². The Kier molecular flexibility index (Phi) is 3.70. The first-order valence-corrected chi connectivity index (χ1v) is 6.85. The third-order valence-corrected chi connectivity index (χ3v) is 4.64. The summed E-state index contributed by atoms with van der Waals surface area (Å²) in [5.74, 6) is -0.110. The molecule has 2 heterocycles. The number of carboxylic acids is 1. The molecule has 0 aromatic carbocycles. The maximum Gasteiger partial charge on any atom is 0.309 e. The molecule has 0 aliphatic carbocycles. The molecule has 0 amide bonds. The van der Waals surface area contributed by atoms with Crippen molar-refractivity contribution in [3.8, 4) is 0 Å². The molecule has 2 aliphatic rings. The molecule has 2 saturated heterocycles. The molecule has 104 valence electrons. The van der Waals surface area contributed by atoms with Crippen LogP contribution in [0.15, 0.2) is 0 Å². The number of aliphatic carboxylic acids is 1. The number of nitrogens with zero attached hydrogens (tertiary/aromatic N) is 1. The van der Waals surface area contributed by atoms with E-state index in [1.54, 1.807) is 0 Å². The van der Waals surface area contributed by atoms with Crippen LogP contribution in [0.5, 0.6) is 0 Å². The molecule has 1 unspecified atom stereocenters. The van der Waals surface area contributed by atoms with Crippen LogP contribution in [-0.2, 0) is 9.53 Å². The highest BCUT2D eigenvalue weighted by molar-refractivity contribution is 5.73. The Labute approximate surface area is 109 Å². The van der Waals surface area contributed by atoms with E-state index in [0.29, 0.717) is 5.92 Å². The predicted molar refractivity (Wildman–Crippen MR) is 69.5 cm³/mol. The van der Waals surface area contributed by atoms with Gasteiger partial charge in [0.05, 0.1) is 18.6 Å². The summed E-state index contributed by atoms with van der Waals surface area (Å²) in [7, 11) is 2.15. The van der Waals surface area contributed by atoms with Crippen molar-refractivity contribution in [1.82, 2.24) is 4.90 Å². The number of ether oxygens (including phenoxy) is 1. The fourth-order valence-corrected chi connectivity index (χ4v) is 3.47. The fourth-order valence-electron chi connectivity index (χ4n) is 3.47. The molecule has 2 rings (SSSR count). The Bertz CT molecular complexity index is 323. The summed E-state index contributed by atoms with van der Waals surface area (Å²) >= 11 is 0. The summed E-state index contributed by atoms with van der Waals surface area (Å²) in [6.07, 6.45) is 3.16. The van der Waals surface area contributed by atoms with Crippen molar-refractivity contribution < 1.29 is 14.6 Å². The lowest BCUT2D eigenvalue weighted by atomic mass is 9.62. The normalized spacial score (nSPS) is 28.7. The van der Waals surface area contributed by atoms with E-state index in [1.165, 1.54) is 12.8 Å². The second kappa shape index (κ2) is 4.82. The topological polar surface area (TPSA) is 49.8 Å². The highest BCUT2D eigenvalue weighted by Crippen LogP contribution is 2.48. The van der Waals surface area contributed by atoms with Crippen LogP contribution < -0.4 is 0 Å². The summed E-state index contributed by atoms with van der Waals surface area (Å²) < 4.78 is 5.44. The van der Waals surface area contributed by atoms with Crippen LogP contribution in [0.4, 0.5) is 0 Å². The minimum atomic E-state index is -0.696. The standard InChI is InChI=1S/C14H25NO3/c1-13(2,12(16)17)8-14(9-18-10-14)11-5-4-6-15(3)7-11/h11H,4-10H2,1-3H3,(H,16,17). The average Bonchev–Trinajstić information content (AvgIpc) is 2.23. The summed E-state index contributed by atoms with van der Waals surface area (Å²) in [5.41, 5.74) is -0.559. The van der Waals surface area contributed by atoms with Gasteiger partial charge in [0.25, 0.3) is 0 Å². The van der Waals surface area contributed by atoms with Crippen LogP contribution in [0.2, 0.25) is 0 Å². The Morgan fingerprint density at radius 2 is 2.17 bits per heavy atom. The number of carboxylic acid groups (broad SMARTS) is 1. The summed E-state index contributed by atoms with van der Waals surface area (Å²) in [5, 5.41) is 9.32. The average molecular weight is 255 g/mol. The molecule has 2 fully saturated rings. The molecule has 18 heavy (non-hydrogen) atoms. The third-order valence-electron chi connectivity index (χ3n) is 4.64. The van der Waals surface area contributed by atoms with E-state index in [4.69, 9.17) is 4.74 Å². The maximum absolute atomic E-state index is 11.3. The van der Waals surface area contributed by atoms with Crippen molar-refractivity contribution in [1.29, 1.82) is 0 Å². The number of hydrogen-bond acceptors (Lipinski definition) is 3. The predicted octanol–water partition coefficient (Wildman–Crippen LogP) is 1.85. The van der Waals surface area contributed by atoms with E-state index in [0.717, 1.165) is 32.7 Å². The fraction of sp³-hybridized carbons (Fsp3) is 0.929. The number of piperidine rings is 1. The number of rotatable bonds is 4. The van der Waals surface area contributed by atoms with Crippen molar-refractivity contribution >= 4 is 5.97 Å². The second-order valence-electron chi connectivity index (χ2n) is 6.82. The zero-order valence-corrected chi connectivity index (χ0v) is 11.7. The van der Waals surface area contributed by atoms with Gasteiger partial charge in [-0.25, -0.2) is 0 Å². The molecule has 0 aromatic heterocycles. The largest absolute Gasteiger partial charge is 0.481 e. The van der Waals surface area contributed by atoms with Crippen LogP contribution in [0.1, 0.15) is 33.1 Å². The maximum atomic E-state index is 11.3. The first kappa shape index (κ1) is 13.8. The zero-order chi connectivity index (χ0) is 13.4. The highest BCUT2D eigenvalue weighted by Gasteiger charge is 2.50. The first-order chi connectivity index (χ1) is 8.36. The molecule has 1 atom stereocenters. The van der Waals surface area contributed by atoms with Crippen molar-refractivity contribution in [2.24, 2.45) is 16.7 Å². The number of hydrogen-bond donors (Lipinski definition) is 1. The summed E-state index contributed by atoms with van der Waals surface area (Å²) in [6, 6.07) is 0.